The summed E-state index contributed by atoms with van der Waals surface area (Å²) in [7, 11) is 0. The van der Waals surface area contributed by atoms with Gasteiger partial charge >= 0.3 is 0 Å². The fourth-order valence-corrected chi connectivity index (χ4v) is 3.56. The van der Waals surface area contributed by atoms with Crippen LogP contribution in [0.15, 0.2) is 42.7 Å². The summed E-state index contributed by atoms with van der Waals surface area (Å²) in [4.78, 5) is 16.5. The smallest absolute Gasteiger partial charge is 0.226 e. The van der Waals surface area contributed by atoms with Gasteiger partial charge in [0.2, 0.25) is 5.91 Å². The first-order chi connectivity index (χ1) is 13.7. The number of fused-ring (bicyclic) bond motifs is 1. The fraction of sp³-hybridized carbons (Fsp3) is 0.286. The third-order valence-corrected chi connectivity index (χ3v) is 4.87. The van der Waals surface area contributed by atoms with E-state index in [1.54, 1.807) is 12.4 Å². The van der Waals surface area contributed by atoms with Crippen molar-refractivity contribution in [2.24, 2.45) is 0 Å². The number of carbonyl (C=O) groups excluding carboxylic acids is 1. The molecule has 4 rings (SSSR count). The molecule has 7 heteroatoms. The number of hydrogen-bond donors (Lipinski definition) is 3. The molecule has 0 spiro atoms. The number of pyridine rings is 1. The third-order valence-electron chi connectivity index (χ3n) is 4.87. The summed E-state index contributed by atoms with van der Waals surface area (Å²) in [5, 5.41) is 20.0. The van der Waals surface area contributed by atoms with Crippen LogP contribution in [0.2, 0.25) is 0 Å². The maximum absolute atomic E-state index is 12.3. The van der Waals surface area contributed by atoms with Gasteiger partial charge in [-0.3, -0.25) is 14.9 Å². The number of hydrogen-bond acceptors (Lipinski definition) is 5. The van der Waals surface area contributed by atoms with Gasteiger partial charge in [0.25, 0.3) is 0 Å². The second-order valence-electron chi connectivity index (χ2n) is 6.78. The molecule has 1 amide bonds. The summed E-state index contributed by atoms with van der Waals surface area (Å²) in [6, 6.07) is 9.56. The zero-order valence-corrected chi connectivity index (χ0v) is 15.6. The van der Waals surface area contributed by atoms with Crippen LogP contribution in [-0.4, -0.2) is 32.8 Å². The number of H-pyrrole nitrogens is 1. The molecular formula is C21H22N4O3. The number of benzene rings is 1. The number of amides is 1. The number of aromatic nitrogens is 3. The maximum atomic E-state index is 12.3. The minimum atomic E-state index is -0.178. The van der Waals surface area contributed by atoms with E-state index in [0.717, 1.165) is 28.8 Å². The van der Waals surface area contributed by atoms with Gasteiger partial charge in [-0.25, -0.2) is 0 Å². The van der Waals surface area contributed by atoms with Crippen molar-refractivity contribution in [3.8, 4) is 17.0 Å². The summed E-state index contributed by atoms with van der Waals surface area (Å²) in [5.41, 5.74) is 4.33. The molecule has 0 fully saturated rings. The van der Waals surface area contributed by atoms with Gasteiger partial charge in [0.1, 0.15) is 5.75 Å². The van der Waals surface area contributed by atoms with Gasteiger partial charge in [-0.15, -0.1) is 0 Å². The quantitative estimate of drug-likeness (QED) is 0.611. The number of ether oxygens (including phenoxy) is 1. The lowest BCUT2D eigenvalue weighted by Crippen LogP contribution is -2.23. The Kier molecular flexibility index (Phi) is 5.08. The van der Waals surface area contributed by atoms with E-state index in [9.17, 15) is 9.90 Å². The zero-order valence-electron chi connectivity index (χ0n) is 15.6. The number of carbonyl (C=O) groups is 1. The van der Waals surface area contributed by atoms with Gasteiger partial charge in [-0.1, -0.05) is 13.0 Å². The zero-order chi connectivity index (χ0) is 19.5. The topological polar surface area (TPSA) is 100 Å². The average molecular weight is 378 g/mol. The molecule has 0 saturated heterocycles. The highest BCUT2D eigenvalue weighted by molar-refractivity contribution is 5.96. The standard InChI is InChI=1S/C21H22N4O3/c1-2-8-28-17-6-5-13(9-15(17)12-26)16-10-18(27)23-21-19(16)20(24-25-21)14-4-3-7-22-11-14/h3-7,9,11,16,26H,2,8,10,12H2,1H3,(H2,23,24,25,27). The van der Waals surface area contributed by atoms with Crippen molar-refractivity contribution in [2.45, 2.75) is 32.3 Å². The van der Waals surface area contributed by atoms with Crippen molar-refractivity contribution >= 4 is 11.7 Å². The van der Waals surface area contributed by atoms with E-state index in [-0.39, 0.29) is 18.4 Å². The summed E-state index contributed by atoms with van der Waals surface area (Å²) < 4.78 is 5.72. The van der Waals surface area contributed by atoms with Crippen LogP contribution in [-0.2, 0) is 11.4 Å². The molecule has 2 aromatic heterocycles. The van der Waals surface area contributed by atoms with Crippen LogP contribution in [0.25, 0.3) is 11.3 Å². The van der Waals surface area contributed by atoms with E-state index in [2.05, 4.69) is 20.5 Å². The van der Waals surface area contributed by atoms with Gasteiger partial charge in [0.15, 0.2) is 5.82 Å². The summed E-state index contributed by atoms with van der Waals surface area (Å²) in [6.07, 6.45) is 4.68. The van der Waals surface area contributed by atoms with E-state index in [1.165, 1.54) is 0 Å². The first kappa shape index (κ1) is 18.2. The van der Waals surface area contributed by atoms with E-state index >= 15 is 0 Å². The molecule has 0 aliphatic carbocycles. The normalized spacial score (nSPS) is 15.8. The highest BCUT2D eigenvalue weighted by Crippen LogP contribution is 2.42. The lowest BCUT2D eigenvalue weighted by molar-refractivity contribution is -0.116. The van der Waals surface area contributed by atoms with E-state index < -0.39 is 0 Å². The van der Waals surface area contributed by atoms with Crippen molar-refractivity contribution < 1.29 is 14.6 Å². The Bertz CT molecular complexity index is 985. The van der Waals surface area contributed by atoms with Crippen LogP contribution in [0, 0.1) is 0 Å². The van der Waals surface area contributed by atoms with Crippen LogP contribution < -0.4 is 10.1 Å². The van der Waals surface area contributed by atoms with Crippen LogP contribution >= 0.6 is 0 Å². The molecule has 1 aromatic carbocycles. The predicted molar refractivity (Wildman–Crippen MR) is 105 cm³/mol. The molecule has 1 unspecified atom stereocenters. The van der Waals surface area contributed by atoms with Gasteiger partial charge in [-0.2, -0.15) is 5.10 Å². The van der Waals surface area contributed by atoms with Crippen LogP contribution in [0.1, 0.15) is 42.4 Å². The lowest BCUT2D eigenvalue weighted by Gasteiger charge is -2.24. The molecule has 0 radical (unpaired) electrons. The Morgan fingerprint density at radius 2 is 2.21 bits per heavy atom. The minimum Gasteiger partial charge on any atom is -0.493 e. The minimum absolute atomic E-state index is 0.0846. The highest BCUT2D eigenvalue weighted by atomic mass is 16.5. The molecule has 0 saturated carbocycles. The molecular weight excluding hydrogens is 356 g/mol. The molecule has 0 bridgehead atoms. The lowest BCUT2D eigenvalue weighted by atomic mass is 9.84. The fourth-order valence-electron chi connectivity index (χ4n) is 3.56. The molecule has 1 aliphatic rings. The van der Waals surface area contributed by atoms with Crippen molar-refractivity contribution in [2.75, 3.05) is 11.9 Å². The monoisotopic (exact) mass is 378 g/mol. The highest BCUT2D eigenvalue weighted by Gasteiger charge is 2.32. The summed E-state index contributed by atoms with van der Waals surface area (Å²) in [6.45, 7) is 2.50. The van der Waals surface area contributed by atoms with E-state index in [0.29, 0.717) is 30.2 Å². The third kappa shape index (κ3) is 3.36. The molecule has 3 heterocycles. The number of rotatable bonds is 6. The largest absolute Gasteiger partial charge is 0.493 e. The summed E-state index contributed by atoms with van der Waals surface area (Å²) >= 11 is 0. The van der Waals surface area contributed by atoms with Gasteiger partial charge < -0.3 is 15.2 Å². The summed E-state index contributed by atoms with van der Waals surface area (Å²) in [5.74, 6) is 0.951. The molecule has 144 valence electrons. The SMILES string of the molecule is CCCOc1ccc(C2CC(=O)Nc3n[nH]c(-c4cccnc4)c32)cc1CO. The van der Waals surface area contributed by atoms with E-state index in [4.69, 9.17) is 4.74 Å². The number of aliphatic hydroxyl groups is 1. The van der Waals surface area contributed by atoms with Crippen molar-refractivity contribution in [1.82, 2.24) is 15.2 Å². The van der Waals surface area contributed by atoms with Crippen LogP contribution in [0.3, 0.4) is 0 Å². The number of nitrogens with one attached hydrogen (secondary N) is 2. The first-order valence-corrected chi connectivity index (χ1v) is 9.36. The molecule has 7 nitrogen and oxygen atoms in total. The number of nitrogens with zero attached hydrogens (tertiary/aromatic N) is 2. The number of aromatic amines is 1. The second kappa shape index (κ2) is 7.82. The molecule has 1 aliphatic heterocycles. The van der Waals surface area contributed by atoms with Crippen molar-refractivity contribution in [3.05, 3.63) is 59.4 Å². The Hall–Kier alpha value is -3.19. The van der Waals surface area contributed by atoms with E-state index in [1.807, 2.05) is 37.3 Å². The molecule has 3 N–H and O–H groups in total. The maximum Gasteiger partial charge on any atom is 0.226 e. The Morgan fingerprint density at radius 1 is 1.32 bits per heavy atom. The predicted octanol–water partition coefficient (Wildman–Crippen LogP) is 3.23. The van der Waals surface area contributed by atoms with Crippen LogP contribution in [0.4, 0.5) is 5.82 Å². The second-order valence-corrected chi connectivity index (χ2v) is 6.78. The van der Waals surface area contributed by atoms with Gasteiger partial charge in [-0.05, 0) is 36.2 Å². The number of aliphatic hydroxyl groups excluding tert-OH is 1. The Labute approximate surface area is 162 Å². The van der Waals surface area contributed by atoms with Crippen molar-refractivity contribution in [1.29, 1.82) is 0 Å². The van der Waals surface area contributed by atoms with Gasteiger partial charge in [0.05, 0.1) is 18.9 Å². The molecule has 28 heavy (non-hydrogen) atoms. The first-order valence-electron chi connectivity index (χ1n) is 9.36. The van der Waals surface area contributed by atoms with Crippen molar-refractivity contribution in [3.63, 3.8) is 0 Å². The van der Waals surface area contributed by atoms with Crippen LogP contribution in [0.5, 0.6) is 5.75 Å². The Morgan fingerprint density at radius 3 is 2.96 bits per heavy atom. The number of anilines is 1. The van der Waals surface area contributed by atoms with Gasteiger partial charge in [0, 0.05) is 41.4 Å². The average Bonchev–Trinajstić information content (AvgIpc) is 3.16. The Balaban J connectivity index is 1.78. The molecule has 1 atom stereocenters. The molecule has 3 aromatic rings.